The van der Waals surface area contributed by atoms with Crippen molar-refractivity contribution in [3.63, 3.8) is 0 Å². The van der Waals surface area contributed by atoms with Crippen LogP contribution in [0.4, 0.5) is 0 Å². The third-order valence-electron chi connectivity index (χ3n) is 2.57. The van der Waals surface area contributed by atoms with Gasteiger partial charge in [0.1, 0.15) is 25.8 Å². The quantitative estimate of drug-likeness (QED) is 0.168. The van der Waals surface area contributed by atoms with Crippen LogP contribution in [0.5, 0.6) is 11.5 Å². The summed E-state index contributed by atoms with van der Waals surface area (Å²) in [6.45, 7) is 0.308. The van der Waals surface area contributed by atoms with Crippen molar-refractivity contribution >= 4 is 5.97 Å². The Morgan fingerprint density at radius 1 is 0.783 bits per heavy atom. The highest BCUT2D eigenvalue weighted by atomic mass is 17.2. The van der Waals surface area contributed by atoms with E-state index in [1.165, 1.54) is 0 Å². The Kier molecular flexibility index (Phi) is 7.62. The Labute approximate surface area is 134 Å². The largest absolute Gasteiger partial charge is 0.425 e. The van der Waals surface area contributed by atoms with Gasteiger partial charge in [-0.2, -0.15) is 4.89 Å². The summed E-state index contributed by atoms with van der Waals surface area (Å²) in [6, 6.07) is 17.9. The second-order valence-electron chi connectivity index (χ2n) is 4.38. The molecule has 122 valence electrons. The Morgan fingerprint density at radius 2 is 1.43 bits per heavy atom. The van der Waals surface area contributed by atoms with Crippen LogP contribution in [0.1, 0.15) is 0 Å². The minimum absolute atomic E-state index is 0.0292. The molecule has 0 fully saturated rings. The Hall–Kier alpha value is -2.41. The number of ether oxygens (including phenoxy) is 3. The molecular formula is C17H18O6. The molecule has 0 spiro atoms. The van der Waals surface area contributed by atoms with E-state index in [1.54, 1.807) is 36.4 Å². The van der Waals surface area contributed by atoms with Gasteiger partial charge in [0.2, 0.25) is 0 Å². The van der Waals surface area contributed by atoms with Crippen molar-refractivity contribution in [2.45, 2.75) is 0 Å². The number of hydrogen-bond acceptors (Lipinski definition) is 6. The average molecular weight is 318 g/mol. The molecule has 2 aromatic carbocycles. The van der Waals surface area contributed by atoms with E-state index in [-0.39, 0.29) is 26.6 Å². The summed E-state index contributed by atoms with van der Waals surface area (Å²) in [7, 11) is 0. The SMILES string of the molecule is O=C(COCOCCOOc1ccccc1)Oc1ccccc1. The van der Waals surface area contributed by atoms with Crippen molar-refractivity contribution in [1.29, 1.82) is 0 Å². The van der Waals surface area contributed by atoms with Gasteiger partial charge < -0.3 is 19.1 Å². The molecule has 0 saturated heterocycles. The van der Waals surface area contributed by atoms with Gasteiger partial charge in [-0.15, -0.1) is 0 Å². The maximum absolute atomic E-state index is 11.5. The topological polar surface area (TPSA) is 63.2 Å². The second-order valence-corrected chi connectivity index (χ2v) is 4.38. The van der Waals surface area contributed by atoms with Crippen molar-refractivity contribution in [3.8, 4) is 11.5 Å². The molecular weight excluding hydrogens is 300 g/mol. The molecule has 6 nitrogen and oxygen atoms in total. The van der Waals surface area contributed by atoms with E-state index in [9.17, 15) is 4.79 Å². The lowest BCUT2D eigenvalue weighted by Crippen LogP contribution is -2.17. The van der Waals surface area contributed by atoms with Gasteiger partial charge in [-0.3, -0.25) is 0 Å². The van der Waals surface area contributed by atoms with Gasteiger partial charge >= 0.3 is 5.97 Å². The molecule has 23 heavy (non-hydrogen) atoms. The van der Waals surface area contributed by atoms with Gasteiger partial charge in [-0.1, -0.05) is 36.4 Å². The van der Waals surface area contributed by atoms with E-state index in [0.29, 0.717) is 11.5 Å². The van der Waals surface area contributed by atoms with Crippen LogP contribution >= 0.6 is 0 Å². The zero-order valence-corrected chi connectivity index (χ0v) is 12.6. The standard InChI is InChI=1S/C17H18O6/c18-17(22-15-7-3-1-4-8-15)13-20-14-19-11-12-21-23-16-9-5-2-6-10-16/h1-10H,11-14H2. The lowest BCUT2D eigenvalue weighted by atomic mass is 10.3. The Balaban J connectivity index is 1.44. The number of carbonyl (C=O) groups excluding carboxylic acids is 1. The van der Waals surface area contributed by atoms with E-state index in [0.717, 1.165) is 0 Å². The molecule has 0 bridgehead atoms. The molecule has 0 aliphatic heterocycles. The van der Waals surface area contributed by atoms with Crippen LogP contribution < -0.4 is 9.62 Å². The monoisotopic (exact) mass is 318 g/mol. The molecule has 0 atom stereocenters. The molecule has 2 rings (SSSR count). The molecule has 0 amide bonds. The molecule has 0 saturated carbocycles. The van der Waals surface area contributed by atoms with Crippen LogP contribution in [-0.2, 0) is 19.2 Å². The number of para-hydroxylation sites is 2. The van der Waals surface area contributed by atoms with Crippen LogP contribution in [0.25, 0.3) is 0 Å². The van der Waals surface area contributed by atoms with Crippen molar-refractivity contribution in [2.75, 3.05) is 26.6 Å². The first-order valence-corrected chi connectivity index (χ1v) is 7.10. The summed E-state index contributed by atoms with van der Waals surface area (Å²) in [5.74, 6) is 0.615. The summed E-state index contributed by atoms with van der Waals surface area (Å²) in [5.41, 5.74) is 0. The van der Waals surface area contributed by atoms with Crippen LogP contribution in [0.2, 0.25) is 0 Å². The summed E-state index contributed by atoms with van der Waals surface area (Å²) >= 11 is 0. The summed E-state index contributed by atoms with van der Waals surface area (Å²) in [5, 5.41) is 0. The number of hydrogen-bond donors (Lipinski definition) is 0. The minimum atomic E-state index is -0.483. The molecule has 0 radical (unpaired) electrons. The van der Waals surface area contributed by atoms with Crippen molar-refractivity contribution < 1.29 is 28.8 Å². The third-order valence-corrected chi connectivity index (χ3v) is 2.57. The normalized spacial score (nSPS) is 10.3. The average Bonchev–Trinajstić information content (AvgIpc) is 2.59. The number of carbonyl (C=O) groups is 1. The Morgan fingerprint density at radius 3 is 2.13 bits per heavy atom. The van der Waals surface area contributed by atoms with E-state index in [2.05, 4.69) is 0 Å². The van der Waals surface area contributed by atoms with Gasteiger partial charge in [0.15, 0.2) is 5.75 Å². The third kappa shape index (κ3) is 7.42. The first-order valence-electron chi connectivity index (χ1n) is 7.10. The predicted molar refractivity (Wildman–Crippen MR) is 81.9 cm³/mol. The molecule has 0 unspecified atom stereocenters. The summed E-state index contributed by atoms with van der Waals surface area (Å²) in [6.07, 6.45) is 0. The predicted octanol–water partition coefficient (Wildman–Crippen LogP) is 2.59. The fourth-order valence-corrected chi connectivity index (χ4v) is 1.57. The zero-order chi connectivity index (χ0) is 16.2. The minimum Gasteiger partial charge on any atom is -0.425 e. The summed E-state index contributed by atoms with van der Waals surface area (Å²) in [4.78, 5) is 21.4. The molecule has 0 aliphatic carbocycles. The molecule has 6 heteroatoms. The number of benzene rings is 2. The maximum Gasteiger partial charge on any atom is 0.337 e. The van der Waals surface area contributed by atoms with Crippen LogP contribution in [0.15, 0.2) is 60.7 Å². The molecule has 2 aromatic rings. The van der Waals surface area contributed by atoms with E-state index in [1.807, 2.05) is 24.3 Å². The highest BCUT2D eigenvalue weighted by Crippen LogP contribution is 2.09. The van der Waals surface area contributed by atoms with Crippen molar-refractivity contribution in [1.82, 2.24) is 0 Å². The highest BCUT2D eigenvalue weighted by Gasteiger charge is 2.04. The second kappa shape index (κ2) is 10.3. The van der Waals surface area contributed by atoms with E-state index in [4.69, 9.17) is 24.0 Å². The fraction of sp³-hybridized carbons (Fsp3) is 0.235. The van der Waals surface area contributed by atoms with Crippen LogP contribution in [0.3, 0.4) is 0 Å². The van der Waals surface area contributed by atoms with Gasteiger partial charge in [0.25, 0.3) is 0 Å². The molecule has 0 N–H and O–H groups in total. The van der Waals surface area contributed by atoms with Crippen LogP contribution in [-0.4, -0.2) is 32.6 Å². The van der Waals surface area contributed by atoms with Gasteiger partial charge in [-0.05, 0) is 24.3 Å². The van der Waals surface area contributed by atoms with E-state index >= 15 is 0 Å². The fourth-order valence-electron chi connectivity index (χ4n) is 1.57. The lowest BCUT2D eigenvalue weighted by Gasteiger charge is -2.07. The molecule has 0 heterocycles. The Bertz CT molecular complexity index is 558. The number of rotatable bonds is 10. The molecule has 0 aliphatic rings. The zero-order valence-electron chi connectivity index (χ0n) is 12.6. The van der Waals surface area contributed by atoms with Gasteiger partial charge in [0, 0.05) is 0 Å². The first kappa shape index (κ1) is 17.0. The van der Waals surface area contributed by atoms with Crippen molar-refractivity contribution in [3.05, 3.63) is 60.7 Å². The number of esters is 1. The van der Waals surface area contributed by atoms with Gasteiger partial charge in [-0.25, -0.2) is 4.79 Å². The van der Waals surface area contributed by atoms with Crippen LogP contribution in [0, 0.1) is 0 Å². The smallest absolute Gasteiger partial charge is 0.337 e. The molecule has 0 aromatic heterocycles. The summed E-state index contributed by atoms with van der Waals surface area (Å²) < 4.78 is 15.2. The lowest BCUT2D eigenvalue weighted by molar-refractivity contribution is -0.220. The first-order chi connectivity index (χ1) is 11.3. The van der Waals surface area contributed by atoms with Gasteiger partial charge in [0.05, 0.1) is 6.61 Å². The highest BCUT2D eigenvalue weighted by molar-refractivity contribution is 5.73. The maximum atomic E-state index is 11.5. The van der Waals surface area contributed by atoms with Crippen molar-refractivity contribution in [2.24, 2.45) is 0 Å². The van der Waals surface area contributed by atoms with E-state index < -0.39 is 5.97 Å².